The lowest BCUT2D eigenvalue weighted by Crippen LogP contribution is -2.32. The molecule has 0 unspecified atom stereocenters. The van der Waals surface area contributed by atoms with Gasteiger partial charge in [-0.05, 0) is 132 Å². The number of anilines is 3. The van der Waals surface area contributed by atoms with Crippen LogP contribution in [0.2, 0.25) is 0 Å². The molecule has 0 bridgehead atoms. The molecule has 15 rings (SSSR count). The Bertz CT molecular complexity index is 3680. The molecule has 332 valence electrons. The zero-order valence-electron chi connectivity index (χ0n) is 38.6. The number of benzene rings is 11. The van der Waals surface area contributed by atoms with E-state index >= 15 is 0 Å². The maximum absolute atomic E-state index is 2.60. The van der Waals surface area contributed by atoms with Crippen molar-refractivity contribution in [1.82, 2.24) is 0 Å². The Morgan fingerprint density at radius 2 is 0.592 bits per heavy atom. The van der Waals surface area contributed by atoms with Crippen LogP contribution in [0.3, 0.4) is 0 Å². The molecule has 0 saturated carbocycles. The Labute approximate surface area is 423 Å². The van der Waals surface area contributed by atoms with Crippen LogP contribution in [0.15, 0.2) is 280 Å². The van der Waals surface area contributed by atoms with Crippen molar-refractivity contribution >= 4 is 40.6 Å². The second kappa shape index (κ2) is 15.7. The van der Waals surface area contributed by atoms with E-state index in [9.17, 15) is 0 Å². The molecule has 0 fully saturated rings. The highest BCUT2D eigenvalue weighted by molar-refractivity contribution is 7.99. The zero-order chi connectivity index (χ0) is 46.7. The fourth-order valence-corrected chi connectivity index (χ4v) is 15.2. The van der Waals surface area contributed by atoms with E-state index in [-0.39, 0.29) is 0 Å². The largest absolute Gasteiger partial charge is 0.309 e. The Morgan fingerprint density at radius 1 is 0.254 bits per heavy atom. The average Bonchev–Trinajstić information content (AvgIpc) is 3.91. The lowest BCUT2D eigenvalue weighted by Gasteiger charge is -2.40. The van der Waals surface area contributed by atoms with Crippen LogP contribution in [-0.2, 0) is 10.8 Å². The predicted molar refractivity (Wildman–Crippen MR) is 295 cm³/mol. The van der Waals surface area contributed by atoms with Crippen molar-refractivity contribution in [3.63, 3.8) is 0 Å². The molecule has 2 aliphatic carbocycles. The van der Waals surface area contributed by atoms with Crippen molar-refractivity contribution in [3.05, 3.63) is 305 Å². The molecular weight excluding hydrogens is 895 g/mol. The highest BCUT2D eigenvalue weighted by Gasteiger charge is 2.53. The van der Waals surface area contributed by atoms with Crippen LogP contribution in [0.25, 0.3) is 44.5 Å². The molecule has 4 aliphatic rings. The lowest BCUT2D eigenvalue weighted by atomic mass is 9.67. The van der Waals surface area contributed by atoms with Crippen LogP contribution in [0.4, 0.5) is 17.1 Å². The van der Waals surface area contributed by atoms with Gasteiger partial charge >= 0.3 is 0 Å². The highest BCUT2D eigenvalue weighted by Crippen LogP contribution is 2.67. The summed E-state index contributed by atoms with van der Waals surface area (Å²) in [7, 11) is 0. The van der Waals surface area contributed by atoms with Gasteiger partial charge in [-0.25, -0.2) is 0 Å². The molecule has 0 aromatic heterocycles. The number of rotatable bonds is 5. The summed E-state index contributed by atoms with van der Waals surface area (Å²) in [6, 6.07) is 98.0. The monoisotopic (exact) mass is 937 g/mol. The molecule has 0 radical (unpaired) electrons. The van der Waals surface area contributed by atoms with Gasteiger partial charge in [-0.1, -0.05) is 230 Å². The van der Waals surface area contributed by atoms with E-state index in [1.54, 1.807) is 0 Å². The molecule has 0 N–H and O–H groups in total. The predicted octanol–water partition coefficient (Wildman–Crippen LogP) is 18.1. The van der Waals surface area contributed by atoms with Crippen LogP contribution in [-0.4, -0.2) is 0 Å². The molecule has 11 aromatic rings. The van der Waals surface area contributed by atoms with Crippen molar-refractivity contribution < 1.29 is 0 Å². The SMILES string of the molecule is c1ccc(-c2cccc(-c3ccc(N(c4cccc5c4-c4ccccc4C54c5ccccc5Sc5ccccc54)c4cccc5c4-c4ccccc4C54c5ccccc5Sc5ccccc54)cc3)c2)cc1. The van der Waals surface area contributed by atoms with Crippen LogP contribution >= 0.6 is 23.5 Å². The van der Waals surface area contributed by atoms with E-state index in [0.717, 1.165) is 17.1 Å². The third-order valence-electron chi connectivity index (χ3n) is 15.6. The summed E-state index contributed by atoms with van der Waals surface area (Å²) in [4.78, 5) is 7.81. The van der Waals surface area contributed by atoms with Crippen LogP contribution in [0.5, 0.6) is 0 Å². The minimum atomic E-state index is -0.512. The van der Waals surface area contributed by atoms with Gasteiger partial charge in [-0.2, -0.15) is 0 Å². The first-order chi connectivity index (χ1) is 35.2. The van der Waals surface area contributed by atoms with Crippen LogP contribution < -0.4 is 4.90 Å². The lowest BCUT2D eigenvalue weighted by molar-refractivity contribution is 0.722. The van der Waals surface area contributed by atoms with Gasteiger partial charge in [0.15, 0.2) is 0 Å². The molecule has 3 heteroatoms. The number of hydrogen-bond acceptors (Lipinski definition) is 3. The van der Waals surface area contributed by atoms with Crippen molar-refractivity contribution in [2.75, 3.05) is 4.90 Å². The summed E-state index contributed by atoms with van der Waals surface area (Å²) in [6.45, 7) is 0. The number of nitrogens with zero attached hydrogens (tertiary/aromatic N) is 1. The van der Waals surface area contributed by atoms with Crippen molar-refractivity contribution in [3.8, 4) is 44.5 Å². The summed E-state index contributed by atoms with van der Waals surface area (Å²) in [5, 5.41) is 0. The minimum Gasteiger partial charge on any atom is -0.309 e. The second-order valence-corrected chi connectivity index (χ2v) is 21.2. The van der Waals surface area contributed by atoms with Gasteiger partial charge in [0.05, 0.1) is 22.2 Å². The molecular formula is C68H43NS2. The van der Waals surface area contributed by atoms with E-state index in [1.807, 2.05) is 23.5 Å². The van der Waals surface area contributed by atoms with E-state index in [2.05, 4.69) is 266 Å². The topological polar surface area (TPSA) is 3.24 Å². The van der Waals surface area contributed by atoms with Crippen molar-refractivity contribution in [2.45, 2.75) is 30.4 Å². The third kappa shape index (κ3) is 5.68. The summed E-state index contributed by atoms with van der Waals surface area (Å²) >= 11 is 3.78. The van der Waals surface area contributed by atoms with E-state index < -0.39 is 10.8 Å². The molecule has 0 atom stereocenters. The molecule has 2 heterocycles. The molecule has 2 spiro atoms. The first-order valence-corrected chi connectivity index (χ1v) is 26.1. The molecule has 11 aromatic carbocycles. The van der Waals surface area contributed by atoms with Gasteiger partial charge in [0.25, 0.3) is 0 Å². The first kappa shape index (κ1) is 40.8. The standard InChI is InChI=1S/C68H43NS2/c1-2-19-44(20-3-1)46-21-16-22-47(43-46)45-39-41-48(42-40-45)69(59-33-17-31-57-65(59)49-23-4-6-25-51(49)67(57)53-27-8-12-35-61(53)70-62-36-13-9-28-54(62)67)60-34-18-32-58-66(60)50-24-5-7-26-52(50)68(58)55-29-10-14-37-63(55)71-64-38-15-11-30-56(64)68/h1-43H. The van der Waals surface area contributed by atoms with E-state index in [4.69, 9.17) is 0 Å². The summed E-state index contributed by atoms with van der Waals surface area (Å²) in [5.41, 5.74) is 22.9. The van der Waals surface area contributed by atoms with Gasteiger partial charge in [0, 0.05) is 36.4 Å². The Morgan fingerprint density at radius 3 is 1.04 bits per heavy atom. The normalized spacial score (nSPS) is 14.3. The highest BCUT2D eigenvalue weighted by atomic mass is 32.2. The van der Waals surface area contributed by atoms with Crippen LogP contribution in [0.1, 0.15) is 44.5 Å². The van der Waals surface area contributed by atoms with Crippen molar-refractivity contribution in [2.24, 2.45) is 0 Å². The summed E-state index contributed by atoms with van der Waals surface area (Å²) in [6.07, 6.45) is 0. The van der Waals surface area contributed by atoms with Gasteiger partial charge < -0.3 is 4.90 Å². The van der Waals surface area contributed by atoms with Gasteiger partial charge in [0.1, 0.15) is 0 Å². The van der Waals surface area contributed by atoms with Crippen molar-refractivity contribution in [1.29, 1.82) is 0 Å². The number of hydrogen-bond donors (Lipinski definition) is 0. The molecule has 0 amide bonds. The van der Waals surface area contributed by atoms with Gasteiger partial charge in [0.2, 0.25) is 0 Å². The average molecular weight is 938 g/mol. The Kier molecular flexibility index (Phi) is 9.03. The molecule has 0 saturated heterocycles. The van der Waals surface area contributed by atoms with Gasteiger partial charge in [-0.15, -0.1) is 0 Å². The minimum absolute atomic E-state index is 0.512. The smallest absolute Gasteiger partial charge is 0.0736 e. The Balaban J connectivity index is 1.02. The maximum Gasteiger partial charge on any atom is 0.0736 e. The molecule has 71 heavy (non-hydrogen) atoms. The Hall–Kier alpha value is -8.08. The maximum atomic E-state index is 2.60. The zero-order valence-corrected chi connectivity index (χ0v) is 40.2. The van der Waals surface area contributed by atoms with E-state index in [1.165, 1.54) is 109 Å². The molecule has 1 nitrogen and oxygen atoms in total. The van der Waals surface area contributed by atoms with Crippen LogP contribution in [0, 0.1) is 0 Å². The third-order valence-corrected chi connectivity index (χ3v) is 17.9. The fourth-order valence-electron chi connectivity index (χ4n) is 12.9. The first-order valence-electron chi connectivity index (χ1n) is 24.5. The summed E-state index contributed by atoms with van der Waals surface area (Å²) < 4.78 is 0. The molecule has 2 aliphatic heterocycles. The number of fused-ring (bicyclic) bond motifs is 18. The fraction of sp³-hybridized carbons (Fsp3) is 0.0294. The summed E-state index contributed by atoms with van der Waals surface area (Å²) in [5.74, 6) is 0. The van der Waals surface area contributed by atoms with E-state index in [0.29, 0.717) is 0 Å². The second-order valence-electron chi connectivity index (χ2n) is 19.0. The quantitative estimate of drug-likeness (QED) is 0.169. The van der Waals surface area contributed by atoms with Gasteiger partial charge in [-0.3, -0.25) is 0 Å².